The molecular formula is C12H8F2O2S. The van der Waals surface area contributed by atoms with Gasteiger partial charge in [-0.15, -0.1) is 0 Å². The molecular weight excluding hydrogens is 246 g/mol. The van der Waals surface area contributed by atoms with Crippen LogP contribution in [0.2, 0.25) is 0 Å². The second-order valence-electron chi connectivity index (χ2n) is 3.24. The number of benzene rings is 1. The smallest absolute Gasteiger partial charge is 0.387 e. The monoisotopic (exact) mass is 254 g/mol. The van der Waals surface area contributed by atoms with Crippen molar-refractivity contribution < 1.29 is 18.3 Å². The van der Waals surface area contributed by atoms with E-state index >= 15 is 0 Å². The molecule has 2 nitrogen and oxygen atoms in total. The van der Waals surface area contributed by atoms with E-state index < -0.39 is 6.61 Å². The van der Waals surface area contributed by atoms with Gasteiger partial charge in [0.15, 0.2) is 5.78 Å². The number of thiophene rings is 1. The Morgan fingerprint density at radius 3 is 2.35 bits per heavy atom. The third-order valence-electron chi connectivity index (χ3n) is 2.13. The maximum Gasteiger partial charge on any atom is 0.387 e. The van der Waals surface area contributed by atoms with Crippen LogP contribution in [0.4, 0.5) is 8.78 Å². The summed E-state index contributed by atoms with van der Waals surface area (Å²) in [5.41, 5.74) is 1.04. The van der Waals surface area contributed by atoms with Gasteiger partial charge in [-0.05, 0) is 35.7 Å². The van der Waals surface area contributed by atoms with Gasteiger partial charge in [0.25, 0.3) is 0 Å². The van der Waals surface area contributed by atoms with E-state index in [-0.39, 0.29) is 11.5 Å². The number of carbonyl (C=O) groups is 1. The highest BCUT2D eigenvalue weighted by molar-refractivity contribution is 7.08. The Labute approximate surface area is 100 Å². The van der Waals surface area contributed by atoms with E-state index in [1.165, 1.54) is 35.6 Å². The van der Waals surface area contributed by atoms with Crippen molar-refractivity contribution in [2.45, 2.75) is 6.61 Å². The van der Waals surface area contributed by atoms with Gasteiger partial charge in [-0.3, -0.25) is 4.79 Å². The zero-order chi connectivity index (χ0) is 12.3. The van der Waals surface area contributed by atoms with E-state index in [9.17, 15) is 13.6 Å². The van der Waals surface area contributed by atoms with Gasteiger partial charge in [-0.1, -0.05) is 0 Å². The molecule has 0 bridgehead atoms. The van der Waals surface area contributed by atoms with Gasteiger partial charge in [0.1, 0.15) is 5.75 Å². The van der Waals surface area contributed by atoms with Crippen molar-refractivity contribution in [3.8, 4) is 5.75 Å². The van der Waals surface area contributed by atoms with Crippen molar-refractivity contribution in [2.24, 2.45) is 0 Å². The molecule has 1 aromatic heterocycles. The van der Waals surface area contributed by atoms with Gasteiger partial charge >= 0.3 is 6.61 Å². The normalized spacial score (nSPS) is 10.5. The average Bonchev–Trinajstić information content (AvgIpc) is 2.82. The molecule has 1 heterocycles. The van der Waals surface area contributed by atoms with Crippen LogP contribution in [-0.4, -0.2) is 12.4 Å². The molecule has 0 radical (unpaired) electrons. The van der Waals surface area contributed by atoms with E-state index in [4.69, 9.17) is 0 Å². The zero-order valence-corrected chi connectivity index (χ0v) is 9.42. The SMILES string of the molecule is O=C(c1ccc(OC(F)F)cc1)c1ccsc1. The third kappa shape index (κ3) is 2.88. The summed E-state index contributed by atoms with van der Waals surface area (Å²) in [5.74, 6) is -0.0864. The van der Waals surface area contributed by atoms with Crippen LogP contribution < -0.4 is 4.74 Å². The second-order valence-corrected chi connectivity index (χ2v) is 4.02. The van der Waals surface area contributed by atoms with Crippen LogP contribution >= 0.6 is 11.3 Å². The van der Waals surface area contributed by atoms with Crippen LogP contribution in [-0.2, 0) is 0 Å². The molecule has 0 fully saturated rings. The van der Waals surface area contributed by atoms with Crippen LogP contribution in [0, 0.1) is 0 Å². The molecule has 0 aliphatic carbocycles. The summed E-state index contributed by atoms with van der Waals surface area (Å²) in [6.07, 6.45) is 0. The summed E-state index contributed by atoms with van der Waals surface area (Å²) in [7, 11) is 0. The van der Waals surface area contributed by atoms with Crippen LogP contribution in [0.15, 0.2) is 41.1 Å². The molecule has 0 atom stereocenters. The first-order valence-corrected chi connectivity index (χ1v) is 5.73. The van der Waals surface area contributed by atoms with Gasteiger partial charge in [0.05, 0.1) is 0 Å². The Hall–Kier alpha value is -1.75. The van der Waals surface area contributed by atoms with Gasteiger partial charge in [0, 0.05) is 16.5 Å². The van der Waals surface area contributed by atoms with Crippen LogP contribution in [0.1, 0.15) is 15.9 Å². The number of ether oxygens (including phenoxy) is 1. The topological polar surface area (TPSA) is 26.3 Å². The molecule has 5 heteroatoms. The molecule has 0 saturated heterocycles. The highest BCUT2D eigenvalue weighted by atomic mass is 32.1. The number of ketones is 1. The van der Waals surface area contributed by atoms with Crippen molar-refractivity contribution in [3.63, 3.8) is 0 Å². The predicted octanol–water partition coefficient (Wildman–Crippen LogP) is 3.58. The summed E-state index contributed by atoms with van der Waals surface area (Å²) >= 11 is 1.43. The molecule has 0 unspecified atom stereocenters. The fourth-order valence-electron chi connectivity index (χ4n) is 1.35. The van der Waals surface area contributed by atoms with Crippen molar-refractivity contribution in [1.82, 2.24) is 0 Å². The van der Waals surface area contributed by atoms with E-state index in [2.05, 4.69) is 4.74 Å². The van der Waals surface area contributed by atoms with Crippen molar-refractivity contribution in [1.29, 1.82) is 0 Å². The molecule has 1 aromatic carbocycles. The number of rotatable bonds is 4. The first kappa shape index (κ1) is 11.7. The number of carbonyl (C=O) groups excluding carboxylic acids is 1. The largest absolute Gasteiger partial charge is 0.435 e. The minimum atomic E-state index is -2.85. The fraction of sp³-hybridized carbons (Fsp3) is 0.0833. The molecule has 0 amide bonds. The molecule has 88 valence electrons. The van der Waals surface area contributed by atoms with Crippen LogP contribution in [0.25, 0.3) is 0 Å². The Morgan fingerprint density at radius 1 is 1.12 bits per heavy atom. The molecule has 2 rings (SSSR count). The number of alkyl halides is 2. The number of halogens is 2. The van der Waals surface area contributed by atoms with E-state index in [0.29, 0.717) is 11.1 Å². The minimum absolute atomic E-state index is 0.0434. The summed E-state index contributed by atoms with van der Waals surface area (Å²) in [6, 6.07) is 7.36. The van der Waals surface area contributed by atoms with Crippen molar-refractivity contribution >= 4 is 17.1 Å². The lowest BCUT2D eigenvalue weighted by molar-refractivity contribution is -0.0498. The Kier molecular flexibility index (Phi) is 3.49. The molecule has 0 spiro atoms. The first-order chi connectivity index (χ1) is 8.16. The molecule has 17 heavy (non-hydrogen) atoms. The molecule has 0 aliphatic heterocycles. The summed E-state index contributed by atoms with van der Waals surface area (Å²) < 4.78 is 28.0. The van der Waals surface area contributed by atoms with Gasteiger partial charge < -0.3 is 4.74 Å². The summed E-state index contributed by atoms with van der Waals surface area (Å²) in [5, 5.41) is 3.55. The molecule has 0 aliphatic rings. The maximum absolute atomic E-state index is 11.9. The van der Waals surface area contributed by atoms with E-state index in [1.54, 1.807) is 11.4 Å². The lowest BCUT2D eigenvalue weighted by Crippen LogP contribution is -2.03. The summed E-state index contributed by atoms with van der Waals surface area (Å²) in [6.45, 7) is -2.85. The molecule has 0 saturated carbocycles. The van der Waals surface area contributed by atoms with Crippen molar-refractivity contribution in [3.05, 3.63) is 52.2 Å². The second kappa shape index (κ2) is 5.05. The predicted molar refractivity (Wildman–Crippen MR) is 60.8 cm³/mol. The van der Waals surface area contributed by atoms with E-state index in [0.717, 1.165) is 0 Å². The Bertz CT molecular complexity index is 492. The van der Waals surface area contributed by atoms with Gasteiger partial charge in [-0.25, -0.2) is 0 Å². The molecule has 0 N–H and O–H groups in total. The fourth-order valence-corrected chi connectivity index (χ4v) is 1.98. The van der Waals surface area contributed by atoms with E-state index in [1.807, 2.05) is 5.38 Å². The lowest BCUT2D eigenvalue weighted by atomic mass is 10.1. The average molecular weight is 254 g/mol. The number of hydrogen-bond acceptors (Lipinski definition) is 3. The number of hydrogen-bond donors (Lipinski definition) is 0. The quantitative estimate of drug-likeness (QED) is 0.779. The van der Waals surface area contributed by atoms with Crippen LogP contribution in [0.5, 0.6) is 5.75 Å². The maximum atomic E-state index is 11.9. The Morgan fingerprint density at radius 2 is 1.82 bits per heavy atom. The van der Waals surface area contributed by atoms with Crippen molar-refractivity contribution in [2.75, 3.05) is 0 Å². The molecule has 2 aromatic rings. The third-order valence-corrected chi connectivity index (χ3v) is 2.81. The minimum Gasteiger partial charge on any atom is -0.435 e. The standard InChI is InChI=1S/C12H8F2O2S/c13-12(14)16-10-3-1-8(2-4-10)11(15)9-5-6-17-7-9/h1-7,12H. The lowest BCUT2D eigenvalue weighted by Gasteiger charge is -2.04. The zero-order valence-electron chi connectivity index (χ0n) is 8.60. The first-order valence-electron chi connectivity index (χ1n) is 4.78. The Balaban J connectivity index is 2.15. The van der Waals surface area contributed by atoms with Crippen LogP contribution in [0.3, 0.4) is 0 Å². The highest BCUT2D eigenvalue weighted by Gasteiger charge is 2.10. The van der Waals surface area contributed by atoms with Gasteiger partial charge in [0.2, 0.25) is 0 Å². The van der Waals surface area contributed by atoms with Gasteiger partial charge in [-0.2, -0.15) is 20.1 Å². The summed E-state index contributed by atoms with van der Waals surface area (Å²) in [4.78, 5) is 11.9. The highest BCUT2D eigenvalue weighted by Crippen LogP contribution is 2.18.